The molecule has 1 aromatic rings. The molecule has 0 spiro atoms. The molecule has 2 N–H and O–H groups in total. The Balaban J connectivity index is 2.05. The van der Waals surface area contributed by atoms with E-state index in [9.17, 15) is 4.39 Å². The average molecular weight is 306 g/mol. The van der Waals surface area contributed by atoms with Crippen molar-refractivity contribution in [1.82, 2.24) is 9.80 Å². The molecule has 4 nitrogen and oxygen atoms in total. The number of halogens is 1. The minimum atomic E-state index is -0.214. The van der Waals surface area contributed by atoms with Gasteiger partial charge < -0.3 is 15.5 Å². The number of hydrogen-bond donors (Lipinski definition) is 1. The zero-order valence-electron chi connectivity index (χ0n) is 13.6. The Labute approximate surface area is 132 Å². The van der Waals surface area contributed by atoms with Gasteiger partial charge in [0, 0.05) is 13.1 Å². The zero-order chi connectivity index (χ0) is 15.9. The summed E-state index contributed by atoms with van der Waals surface area (Å²) in [5.41, 5.74) is 7.09. The molecule has 2 rings (SSSR count). The van der Waals surface area contributed by atoms with E-state index < -0.39 is 0 Å². The first kappa shape index (κ1) is 16.7. The van der Waals surface area contributed by atoms with Crippen LogP contribution in [0, 0.1) is 5.82 Å². The van der Waals surface area contributed by atoms with E-state index in [0.29, 0.717) is 12.5 Å². The van der Waals surface area contributed by atoms with Crippen LogP contribution in [-0.2, 0) is 0 Å². The molecule has 1 aromatic carbocycles. The van der Waals surface area contributed by atoms with Crippen molar-refractivity contribution < 1.29 is 4.39 Å². The minimum absolute atomic E-state index is 0.0289. The lowest BCUT2D eigenvalue weighted by atomic mass is 10.1. The molecule has 1 atom stereocenters. The van der Waals surface area contributed by atoms with Gasteiger partial charge in [-0.2, -0.15) is 0 Å². The smallest absolute Gasteiger partial charge is 0.191 e. The van der Waals surface area contributed by atoms with Crippen LogP contribution in [0.2, 0.25) is 0 Å². The molecule has 1 heterocycles. The lowest BCUT2D eigenvalue weighted by Gasteiger charge is -2.25. The summed E-state index contributed by atoms with van der Waals surface area (Å²) >= 11 is 0. The highest BCUT2D eigenvalue weighted by molar-refractivity contribution is 5.78. The van der Waals surface area contributed by atoms with Crippen LogP contribution in [0.1, 0.15) is 37.3 Å². The minimum Gasteiger partial charge on any atom is -0.370 e. The number of likely N-dealkylation sites (tertiary alicyclic amines) is 1. The summed E-state index contributed by atoms with van der Waals surface area (Å²) in [4.78, 5) is 8.79. The van der Waals surface area contributed by atoms with Gasteiger partial charge in [-0.3, -0.25) is 4.99 Å². The molecule has 0 radical (unpaired) electrons. The van der Waals surface area contributed by atoms with Crippen LogP contribution in [0.5, 0.6) is 0 Å². The second-order valence-electron chi connectivity index (χ2n) is 6.13. The summed E-state index contributed by atoms with van der Waals surface area (Å²) in [5, 5.41) is 0. The quantitative estimate of drug-likeness (QED) is 0.687. The number of rotatable bonds is 4. The number of nitrogens with two attached hydrogens (primary N) is 1. The maximum Gasteiger partial charge on any atom is 0.191 e. The highest BCUT2D eigenvalue weighted by atomic mass is 19.1. The van der Waals surface area contributed by atoms with E-state index in [1.165, 1.54) is 31.7 Å². The maximum atomic E-state index is 13.4. The summed E-state index contributed by atoms with van der Waals surface area (Å²) in [5.74, 6) is 0.402. The van der Waals surface area contributed by atoms with E-state index in [2.05, 4.69) is 9.89 Å². The fourth-order valence-electron chi connectivity index (χ4n) is 2.86. The molecule has 0 aromatic heterocycles. The van der Waals surface area contributed by atoms with Gasteiger partial charge in [-0.15, -0.1) is 0 Å². The average Bonchev–Trinajstić information content (AvgIpc) is 2.76. The normalized spacial score (nSPS) is 18.4. The van der Waals surface area contributed by atoms with Crippen LogP contribution in [0.4, 0.5) is 4.39 Å². The second kappa shape index (κ2) is 8.13. The van der Waals surface area contributed by atoms with E-state index in [0.717, 1.165) is 18.7 Å². The first-order valence-corrected chi connectivity index (χ1v) is 8.04. The lowest BCUT2D eigenvalue weighted by molar-refractivity contribution is 0.304. The van der Waals surface area contributed by atoms with E-state index >= 15 is 0 Å². The molecule has 1 aliphatic rings. The van der Waals surface area contributed by atoms with Crippen LogP contribution in [-0.4, -0.2) is 49.5 Å². The largest absolute Gasteiger partial charge is 0.370 e. The van der Waals surface area contributed by atoms with Crippen LogP contribution in [0.3, 0.4) is 0 Å². The predicted molar refractivity (Wildman–Crippen MR) is 89.4 cm³/mol. The van der Waals surface area contributed by atoms with Crippen LogP contribution in [0.15, 0.2) is 29.3 Å². The number of benzene rings is 1. The second-order valence-corrected chi connectivity index (χ2v) is 6.13. The summed E-state index contributed by atoms with van der Waals surface area (Å²) in [7, 11) is 3.96. The van der Waals surface area contributed by atoms with Gasteiger partial charge >= 0.3 is 0 Å². The summed E-state index contributed by atoms with van der Waals surface area (Å²) in [6.45, 7) is 2.52. The van der Waals surface area contributed by atoms with Gasteiger partial charge in [0.15, 0.2) is 5.96 Å². The van der Waals surface area contributed by atoms with Gasteiger partial charge in [0.05, 0.1) is 12.6 Å². The van der Waals surface area contributed by atoms with E-state index in [4.69, 9.17) is 5.73 Å². The fraction of sp³-hybridized carbons (Fsp3) is 0.588. The van der Waals surface area contributed by atoms with Crippen molar-refractivity contribution in [3.8, 4) is 0 Å². The Morgan fingerprint density at radius 1 is 1.27 bits per heavy atom. The number of guanidine groups is 1. The highest BCUT2D eigenvalue weighted by Crippen LogP contribution is 2.19. The number of nitrogens with zero attached hydrogens (tertiary/aromatic N) is 3. The van der Waals surface area contributed by atoms with Crippen molar-refractivity contribution in [2.75, 3.05) is 33.7 Å². The molecule has 0 bridgehead atoms. The lowest BCUT2D eigenvalue weighted by Crippen LogP contribution is -2.38. The SMILES string of the molecule is CN(C)C(CN=C(N)N1CCCCCC1)c1cccc(F)c1. The number of likely N-dealkylation sites (N-methyl/N-ethyl adjacent to an activating group) is 1. The van der Waals surface area contributed by atoms with Gasteiger partial charge in [0.1, 0.15) is 5.82 Å². The third-order valence-corrected chi connectivity index (χ3v) is 4.21. The molecular formula is C17H27FN4. The fourth-order valence-corrected chi connectivity index (χ4v) is 2.86. The van der Waals surface area contributed by atoms with Gasteiger partial charge in [-0.25, -0.2) is 4.39 Å². The Morgan fingerprint density at radius 3 is 2.55 bits per heavy atom. The zero-order valence-corrected chi connectivity index (χ0v) is 13.6. The van der Waals surface area contributed by atoms with Crippen LogP contribution in [0.25, 0.3) is 0 Å². The maximum absolute atomic E-state index is 13.4. The standard InChI is InChI=1S/C17H27FN4/c1-21(2)16(14-8-7-9-15(18)12-14)13-20-17(19)22-10-5-3-4-6-11-22/h7-9,12,16H,3-6,10-11,13H2,1-2H3,(H2,19,20). The van der Waals surface area contributed by atoms with Crippen molar-refractivity contribution in [1.29, 1.82) is 0 Å². The molecule has 5 heteroatoms. The Bertz CT molecular complexity index is 493. The Hall–Kier alpha value is -1.62. The molecule has 0 amide bonds. The Morgan fingerprint density at radius 2 is 1.95 bits per heavy atom. The summed E-state index contributed by atoms with van der Waals surface area (Å²) < 4.78 is 13.4. The van der Waals surface area contributed by atoms with Gasteiger partial charge in [0.25, 0.3) is 0 Å². The third-order valence-electron chi connectivity index (χ3n) is 4.21. The van der Waals surface area contributed by atoms with Crippen molar-refractivity contribution in [3.05, 3.63) is 35.6 Å². The molecule has 1 saturated heterocycles. The monoisotopic (exact) mass is 306 g/mol. The van der Waals surface area contributed by atoms with Crippen LogP contribution < -0.4 is 5.73 Å². The van der Waals surface area contributed by atoms with E-state index in [-0.39, 0.29) is 11.9 Å². The van der Waals surface area contributed by atoms with Crippen molar-refractivity contribution in [3.63, 3.8) is 0 Å². The first-order chi connectivity index (χ1) is 10.6. The summed E-state index contributed by atoms with van der Waals surface area (Å²) in [6, 6.07) is 6.74. The Kier molecular flexibility index (Phi) is 6.19. The molecular weight excluding hydrogens is 279 g/mol. The third kappa shape index (κ3) is 4.70. The van der Waals surface area contributed by atoms with Crippen molar-refractivity contribution in [2.45, 2.75) is 31.7 Å². The predicted octanol–water partition coefficient (Wildman–Crippen LogP) is 2.62. The van der Waals surface area contributed by atoms with Gasteiger partial charge in [-0.1, -0.05) is 25.0 Å². The van der Waals surface area contributed by atoms with E-state index in [1.807, 2.05) is 25.1 Å². The van der Waals surface area contributed by atoms with Gasteiger partial charge in [-0.05, 0) is 44.6 Å². The van der Waals surface area contributed by atoms with E-state index in [1.54, 1.807) is 12.1 Å². The van der Waals surface area contributed by atoms with Crippen molar-refractivity contribution >= 4 is 5.96 Å². The van der Waals surface area contributed by atoms with Crippen LogP contribution >= 0.6 is 0 Å². The molecule has 22 heavy (non-hydrogen) atoms. The number of hydrogen-bond acceptors (Lipinski definition) is 2. The molecule has 0 aliphatic carbocycles. The molecule has 122 valence electrons. The highest BCUT2D eigenvalue weighted by Gasteiger charge is 2.16. The first-order valence-electron chi connectivity index (χ1n) is 8.04. The van der Waals surface area contributed by atoms with Crippen molar-refractivity contribution in [2.24, 2.45) is 10.7 Å². The van der Waals surface area contributed by atoms with Gasteiger partial charge in [0.2, 0.25) is 0 Å². The number of aliphatic imine (C=N–C) groups is 1. The molecule has 1 unspecified atom stereocenters. The topological polar surface area (TPSA) is 44.9 Å². The molecule has 1 fully saturated rings. The summed E-state index contributed by atoms with van der Waals surface area (Å²) in [6.07, 6.45) is 4.90. The molecule has 1 aliphatic heterocycles. The molecule has 0 saturated carbocycles.